The second-order valence-corrected chi connectivity index (χ2v) is 5.47. The molecule has 3 nitrogen and oxygen atoms in total. The lowest BCUT2D eigenvalue weighted by atomic mass is 10.1. The number of ether oxygens (including phenoxy) is 1. The van der Waals surface area contributed by atoms with E-state index >= 15 is 0 Å². The van der Waals surface area contributed by atoms with E-state index in [1.54, 1.807) is 0 Å². The normalized spacial score (nSPS) is 14.1. The van der Waals surface area contributed by atoms with Gasteiger partial charge in [-0.25, -0.2) is 0 Å². The number of fused-ring (bicyclic) bond motifs is 1. The van der Waals surface area contributed by atoms with Crippen molar-refractivity contribution in [1.82, 2.24) is 10.2 Å². The Kier molecular flexibility index (Phi) is 4.53. The van der Waals surface area contributed by atoms with Crippen LogP contribution < -0.4 is 10.1 Å². The molecule has 0 aromatic heterocycles. The molecule has 0 atom stereocenters. The predicted octanol–water partition coefficient (Wildman–Crippen LogP) is 2.80. The minimum Gasteiger partial charge on any atom is -0.492 e. The van der Waals surface area contributed by atoms with E-state index in [9.17, 15) is 0 Å². The molecule has 0 fully saturated rings. The van der Waals surface area contributed by atoms with E-state index in [2.05, 4.69) is 46.6 Å². The van der Waals surface area contributed by atoms with Crippen molar-refractivity contribution in [2.24, 2.45) is 0 Å². The highest BCUT2D eigenvalue weighted by atomic mass is 16.5. The lowest BCUT2D eigenvalue weighted by Crippen LogP contribution is -2.23. The Hall–Kier alpha value is -1.84. The molecule has 0 amide bonds. The summed E-state index contributed by atoms with van der Waals surface area (Å²) in [6.07, 6.45) is 0. The van der Waals surface area contributed by atoms with E-state index in [1.807, 2.05) is 19.2 Å². The SMILES string of the molecule is CNCc1ccccc1OCCN1Cc2ccccc2C1. The Morgan fingerprint density at radius 1 is 1.00 bits per heavy atom. The zero-order valence-electron chi connectivity index (χ0n) is 12.5. The summed E-state index contributed by atoms with van der Waals surface area (Å²) in [5, 5.41) is 3.18. The summed E-state index contributed by atoms with van der Waals surface area (Å²) < 4.78 is 5.97. The van der Waals surface area contributed by atoms with Gasteiger partial charge in [0, 0.05) is 31.7 Å². The van der Waals surface area contributed by atoms with Crippen molar-refractivity contribution in [1.29, 1.82) is 0 Å². The fraction of sp³-hybridized carbons (Fsp3) is 0.333. The molecular formula is C18H22N2O. The van der Waals surface area contributed by atoms with E-state index in [0.29, 0.717) is 0 Å². The lowest BCUT2D eigenvalue weighted by Gasteiger charge is -2.16. The van der Waals surface area contributed by atoms with Gasteiger partial charge in [0.05, 0.1) is 0 Å². The maximum atomic E-state index is 5.97. The van der Waals surface area contributed by atoms with Crippen molar-refractivity contribution < 1.29 is 4.74 Å². The largest absolute Gasteiger partial charge is 0.492 e. The third-order valence-electron chi connectivity index (χ3n) is 3.91. The molecule has 0 unspecified atom stereocenters. The number of nitrogens with one attached hydrogen (secondary N) is 1. The van der Waals surface area contributed by atoms with Crippen LogP contribution in [0.15, 0.2) is 48.5 Å². The van der Waals surface area contributed by atoms with Gasteiger partial charge in [-0.15, -0.1) is 0 Å². The van der Waals surface area contributed by atoms with E-state index < -0.39 is 0 Å². The standard InChI is InChI=1S/C18H22N2O/c1-19-12-15-6-4-5-9-18(15)21-11-10-20-13-16-7-2-3-8-17(16)14-20/h2-9,19H,10-14H2,1H3. The molecule has 1 N–H and O–H groups in total. The third kappa shape index (κ3) is 3.43. The summed E-state index contributed by atoms with van der Waals surface area (Å²) in [6, 6.07) is 16.9. The molecule has 1 aliphatic rings. The number of rotatable bonds is 6. The average molecular weight is 282 g/mol. The van der Waals surface area contributed by atoms with Crippen molar-refractivity contribution in [3.8, 4) is 5.75 Å². The quantitative estimate of drug-likeness (QED) is 0.881. The number of para-hydroxylation sites is 1. The predicted molar refractivity (Wildman–Crippen MR) is 85.3 cm³/mol. The zero-order valence-corrected chi connectivity index (χ0v) is 12.5. The zero-order chi connectivity index (χ0) is 14.5. The maximum absolute atomic E-state index is 5.97. The maximum Gasteiger partial charge on any atom is 0.123 e. The molecule has 0 aliphatic carbocycles. The van der Waals surface area contributed by atoms with Crippen LogP contribution in [0.4, 0.5) is 0 Å². The van der Waals surface area contributed by atoms with Gasteiger partial charge in [-0.05, 0) is 24.2 Å². The first-order valence-electron chi connectivity index (χ1n) is 7.51. The van der Waals surface area contributed by atoms with Gasteiger partial charge in [0.15, 0.2) is 0 Å². The molecule has 3 heteroatoms. The van der Waals surface area contributed by atoms with Gasteiger partial charge in [0.2, 0.25) is 0 Å². The molecule has 0 bridgehead atoms. The molecule has 0 saturated carbocycles. The Morgan fingerprint density at radius 3 is 2.38 bits per heavy atom. The third-order valence-corrected chi connectivity index (χ3v) is 3.91. The molecule has 1 aliphatic heterocycles. The average Bonchev–Trinajstić information content (AvgIpc) is 2.92. The number of hydrogen-bond acceptors (Lipinski definition) is 3. The minimum atomic E-state index is 0.731. The molecular weight excluding hydrogens is 260 g/mol. The van der Waals surface area contributed by atoms with Crippen LogP contribution in [0.1, 0.15) is 16.7 Å². The molecule has 0 saturated heterocycles. The molecule has 0 spiro atoms. The Bertz CT molecular complexity index is 572. The number of hydrogen-bond donors (Lipinski definition) is 1. The van der Waals surface area contributed by atoms with E-state index in [-0.39, 0.29) is 0 Å². The van der Waals surface area contributed by atoms with Crippen LogP contribution in [0.3, 0.4) is 0 Å². The summed E-state index contributed by atoms with van der Waals surface area (Å²) in [5.41, 5.74) is 4.12. The molecule has 2 aromatic carbocycles. The van der Waals surface area contributed by atoms with Gasteiger partial charge in [0.1, 0.15) is 12.4 Å². The summed E-state index contributed by atoms with van der Waals surface area (Å²) in [6.45, 7) is 4.61. The molecule has 3 rings (SSSR count). The first-order chi connectivity index (χ1) is 10.4. The highest BCUT2D eigenvalue weighted by molar-refractivity contribution is 5.33. The highest BCUT2D eigenvalue weighted by Gasteiger charge is 2.17. The van der Waals surface area contributed by atoms with Crippen LogP contribution >= 0.6 is 0 Å². The smallest absolute Gasteiger partial charge is 0.123 e. The van der Waals surface area contributed by atoms with Crippen LogP contribution in [0.2, 0.25) is 0 Å². The van der Waals surface area contributed by atoms with Gasteiger partial charge in [-0.3, -0.25) is 4.90 Å². The fourth-order valence-electron chi connectivity index (χ4n) is 2.83. The van der Waals surface area contributed by atoms with Crippen molar-refractivity contribution >= 4 is 0 Å². The minimum absolute atomic E-state index is 0.731. The van der Waals surface area contributed by atoms with Gasteiger partial charge in [0.25, 0.3) is 0 Å². The van der Waals surface area contributed by atoms with E-state index in [1.165, 1.54) is 16.7 Å². The molecule has 21 heavy (non-hydrogen) atoms. The van der Waals surface area contributed by atoms with Crippen LogP contribution in [0.5, 0.6) is 5.75 Å². The molecule has 1 heterocycles. The number of benzene rings is 2. The second kappa shape index (κ2) is 6.74. The second-order valence-electron chi connectivity index (χ2n) is 5.47. The van der Waals surface area contributed by atoms with Crippen LogP contribution in [-0.2, 0) is 19.6 Å². The van der Waals surface area contributed by atoms with E-state index in [0.717, 1.165) is 38.5 Å². The lowest BCUT2D eigenvalue weighted by molar-refractivity contribution is 0.210. The van der Waals surface area contributed by atoms with Gasteiger partial charge < -0.3 is 10.1 Å². The molecule has 2 aromatic rings. The topological polar surface area (TPSA) is 24.5 Å². The van der Waals surface area contributed by atoms with Crippen molar-refractivity contribution in [3.63, 3.8) is 0 Å². The summed E-state index contributed by atoms with van der Waals surface area (Å²) in [5.74, 6) is 0.989. The van der Waals surface area contributed by atoms with Gasteiger partial charge >= 0.3 is 0 Å². The first-order valence-corrected chi connectivity index (χ1v) is 7.51. The van der Waals surface area contributed by atoms with Crippen LogP contribution in [-0.4, -0.2) is 25.1 Å². The Balaban J connectivity index is 1.52. The van der Waals surface area contributed by atoms with Crippen molar-refractivity contribution in [3.05, 3.63) is 65.2 Å². The monoisotopic (exact) mass is 282 g/mol. The fourth-order valence-corrected chi connectivity index (χ4v) is 2.83. The summed E-state index contributed by atoms with van der Waals surface area (Å²) in [4.78, 5) is 2.44. The summed E-state index contributed by atoms with van der Waals surface area (Å²) >= 11 is 0. The van der Waals surface area contributed by atoms with Crippen molar-refractivity contribution in [2.45, 2.75) is 19.6 Å². The van der Waals surface area contributed by atoms with Gasteiger partial charge in [-0.2, -0.15) is 0 Å². The molecule has 0 radical (unpaired) electrons. The van der Waals surface area contributed by atoms with Crippen LogP contribution in [0.25, 0.3) is 0 Å². The molecule has 110 valence electrons. The van der Waals surface area contributed by atoms with E-state index in [4.69, 9.17) is 4.74 Å². The first kappa shape index (κ1) is 14.1. The van der Waals surface area contributed by atoms with Gasteiger partial charge in [-0.1, -0.05) is 42.5 Å². The number of nitrogens with zero attached hydrogens (tertiary/aromatic N) is 1. The Morgan fingerprint density at radius 2 is 1.67 bits per heavy atom. The summed E-state index contributed by atoms with van der Waals surface area (Å²) in [7, 11) is 1.96. The van der Waals surface area contributed by atoms with Crippen LogP contribution in [0, 0.1) is 0 Å². The van der Waals surface area contributed by atoms with Crippen molar-refractivity contribution in [2.75, 3.05) is 20.2 Å². The Labute approximate surface area is 126 Å². The highest BCUT2D eigenvalue weighted by Crippen LogP contribution is 2.22.